The molecule has 2 aromatic rings. The average Bonchev–Trinajstić information content (AvgIpc) is 2.95. The van der Waals surface area contributed by atoms with Gasteiger partial charge in [-0.1, -0.05) is 6.07 Å². The quantitative estimate of drug-likeness (QED) is 0.837. The number of piperidine rings is 1. The van der Waals surface area contributed by atoms with Crippen molar-refractivity contribution in [3.05, 3.63) is 52.5 Å². The largest absolute Gasteiger partial charge is 0.297 e. The van der Waals surface area contributed by atoms with Crippen molar-refractivity contribution in [3.63, 3.8) is 0 Å². The number of nitrogens with zero attached hydrogens (tertiary/aromatic N) is 2. The molecule has 3 heterocycles. The van der Waals surface area contributed by atoms with Gasteiger partial charge < -0.3 is 0 Å². The molecule has 0 N–H and O–H groups in total. The highest BCUT2D eigenvalue weighted by atomic mass is 32.1. The van der Waals surface area contributed by atoms with Gasteiger partial charge in [0.05, 0.1) is 5.69 Å². The molecule has 18 heavy (non-hydrogen) atoms. The maximum atomic E-state index is 4.40. The predicted molar refractivity (Wildman–Crippen MR) is 75.8 cm³/mol. The molecule has 94 valence electrons. The van der Waals surface area contributed by atoms with Crippen LogP contribution in [-0.2, 0) is 6.54 Å². The Morgan fingerprint density at radius 3 is 2.78 bits per heavy atom. The third-order valence-corrected chi connectivity index (χ3v) is 4.42. The monoisotopic (exact) mass is 258 g/mol. The van der Waals surface area contributed by atoms with E-state index >= 15 is 0 Å². The summed E-state index contributed by atoms with van der Waals surface area (Å²) in [5.74, 6) is 0.774. The van der Waals surface area contributed by atoms with Gasteiger partial charge in [0, 0.05) is 12.7 Å². The molecule has 1 fully saturated rings. The molecule has 0 spiro atoms. The molecule has 3 heteroatoms. The standard InChI is InChI=1S/C15H18N2S/c1-2-7-16-15(3-1)11-17-8-4-13(5-9-17)14-6-10-18-12-14/h1-3,6-7,10,12-13H,4-5,8-9,11H2. The first-order valence-electron chi connectivity index (χ1n) is 6.56. The summed E-state index contributed by atoms with van der Waals surface area (Å²) in [5.41, 5.74) is 2.73. The minimum absolute atomic E-state index is 0.774. The van der Waals surface area contributed by atoms with E-state index in [1.165, 1.54) is 37.2 Å². The molecule has 0 atom stereocenters. The Kier molecular flexibility index (Phi) is 3.72. The number of thiophene rings is 1. The second-order valence-corrected chi connectivity index (χ2v) is 5.71. The molecule has 1 aliphatic rings. The molecule has 0 aliphatic carbocycles. The Labute approximate surface area is 112 Å². The fraction of sp³-hybridized carbons (Fsp3) is 0.400. The maximum absolute atomic E-state index is 4.40. The van der Waals surface area contributed by atoms with Crippen molar-refractivity contribution in [2.75, 3.05) is 13.1 Å². The van der Waals surface area contributed by atoms with E-state index in [2.05, 4.69) is 38.8 Å². The van der Waals surface area contributed by atoms with Crippen molar-refractivity contribution in [1.29, 1.82) is 0 Å². The van der Waals surface area contributed by atoms with Gasteiger partial charge in [-0.05, 0) is 66.4 Å². The summed E-state index contributed by atoms with van der Waals surface area (Å²) < 4.78 is 0. The van der Waals surface area contributed by atoms with Gasteiger partial charge in [0.15, 0.2) is 0 Å². The van der Waals surface area contributed by atoms with Crippen LogP contribution < -0.4 is 0 Å². The zero-order valence-corrected chi connectivity index (χ0v) is 11.3. The zero-order valence-electron chi connectivity index (χ0n) is 10.5. The Balaban J connectivity index is 1.54. The number of likely N-dealkylation sites (tertiary alicyclic amines) is 1. The highest BCUT2D eigenvalue weighted by Gasteiger charge is 2.20. The van der Waals surface area contributed by atoms with E-state index in [9.17, 15) is 0 Å². The third-order valence-electron chi connectivity index (χ3n) is 3.71. The van der Waals surface area contributed by atoms with E-state index in [-0.39, 0.29) is 0 Å². The fourth-order valence-electron chi connectivity index (χ4n) is 2.65. The van der Waals surface area contributed by atoms with Crippen LogP contribution in [0.3, 0.4) is 0 Å². The lowest BCUT2D eigenvalue weighted by molar-refractivity contribution is 0.202. The van der Waals surface area contributed by atoms with Crippen LogP contribution in [0.25, 0.3) is 0 Å². The first kappa shape index (κ1) is 11.9. The van der Waals surface area contributed by atoms with Crippen LogP contribution in [0, 0.1) is 0 Å². The van der Waals surface area contributed by atoms with Crippen molar-refractivity contribution in [1.82, 2.24) is 9.88 Å². The van der Waals surface area contributed by atoms with Crippen LogP contribution >= 0.6 is 11.3 Å². The molecule has 2 aromatic heterocycles. The highest BCUT2D eigenvalue weighted by molar-refractivity contribution is 7.07. The molecule has 0 aromatic carbocycles. The second kappa shape index (κ2) is 5.63. The minimum atomic E-state index is 0.774. The summed E-state index contributed by atoms with van der Waals surface area (Å²) in [4.78, 5) is 6.92. The molecule has 1 saturated heterocycles. The summed E-state index contributed by atoms with van der Waals surface area (Å²) in [6.45, 7) is 3.38. The normalized spacial score (nSPS) is 18.0. The van der Waals surface area contributed by atoms with E-state index < -0.39 is 0 Å². The molecule has 0 amide bonds. The molecule has 1 aliphatic heterocycles. The summed E-state index contributed by atoms with van der Waals surface area (Å²) in [5, 5.41) is 4.49. The lowest BCUT2D eigenvalue weighted by Crippen LogP contribution is -2.32. The average molecular weight is 258 g/mol. The van der Waals surface area contributed by atoms with Crippen molar-refractivity contribution >= 4 is 11.3 Å². The molecule has 2 nitrogen and oxygen atoms in total. The van der Waals surface area contributed by atoms with Gasteiger partial charge in [-0.2, -0.15) is 11.3 Å². The summed E-state index contributed by atoms with van der Waals surface area (Å²) in [6.07, 6.45) is 4.45. The number of rotatable bonds is 3. The van der Waals surface area contributed by atoms with Crippen LogP contribution in [0.4, 0.5) is 0 Å². The van der Waals surface area contributed by atoms with Gasteiger partial charge in [0.1, 0.15) is 0 Å². The van der Waals surface area contributed by atoms with Gasteiger partial charge in [0.2, 0.25) is 0 Å². The zero-order chi connectivity index (χ0) is 12.2. The summed E-state index contributed by atoms with van der Waals surface area (Å²) >= 11 is 1.81. The summed E-state index contributed by atoms with van der Waals surface area (Å²) in [7, 11) is 0. The highest BCUT2D eigenvalue weighted by Crippen LogP contribution is 2.29. The van der Waals surface area contributed by atoms with Crippen molar-refractivity contribution in [2.24, 2.45) is 0 Å². The van der Waals surface area contributed by atoms with Crippen molar-refractivity contribution < 1.29 is 0 Å². The SMILES string of the molecule is c1ccc(CN2CCC(c3ccsc3)CC2)nc1. The van der Waals surface area contributed by atoms with E-state index in [0.717, 1.165) is 12.5 Å². The topological polar surface area (TPSA) is 16.1 Å². The molecule has 0 bridgehead atoms. The third kappa shape index (κ3) is 2.79. The Morgan fingerprint density at radius 2 is 2.11 bits per heavy atom. The lowest BCUT2D eigenvalue weighted by atomic mass is 9.91. The Morgan fingerprint density at radius 1 is 1.22 bits per heavy atom. The van der Waals surface area contributed by atoms with E-state index in [1.807, 2.05) is 23.6 Å². The van der Waals surface area contributed by atoms with Gasteiger partial charge in [-0.15, -0.1) is 0 Å². The smallest absolute Gasteiger partial charge is 0.0543 e. The van der Waals surface area contributed by atoms with Crippen molar-refractivity contribution in [3.8, 4) is 0 Å². The van der Waals surface area contributed by atoms with Crippen LogP contribution in [-0.4, -0.2) is 23.0 Å². The van der Waals surface area contributed by atoms with Gasteiger partial charge in [-0.3, -0.25) is 9.88 Å². The molecule has 3 rings (SSSR count). The predicted octanol–water partition coefficient (Wildman–Crippen LogP) is 3.52. The Bertz CT molecular complexity index is 459. The minimum Gasteiger partial charge on any atom is -0.297 e. The molecular formula is C15H18N2S. The lowest BCUT2D eigenvalue weighted by Gasteiger charge is -2.31. The number of pyridine rings is 1. The maximum Gasteiger partial charge on any atom is 0.0543 e. The Hall–Kier alpha value is -1.19. The number of aromatic nitrogens is 1. The van der Waals surface area contributed by atoms with E-state index in [0.29, 0.717) is 0 Å². The number of hydrogen-bond acceptors (Lipinski definition) is 3. The van der Waals surface area contributed by atoms with Crippen molar-refractivity contribution in [2.45, 2.75) is 25.3 Å². The molecule has 0 saturated carbocycles. The number of hydrogen-bond donors (Lipinski definition) is 0. The van der Waals surface area contributed by atoms with Crippen LogP contribution in [0.15, 0.2) is 41.2 Å². The van der Waals surface area contributed by atoms with Crippen LogP contribution in [0.2, 0.25) is 0 Å². The molecular weight excluding hydrogens is 240 g/mol. The van der Waals surface area contributed by atoms with Crippen LogP contribution in [0.5, 0.6) is 0 Å². The van der Waals surface area contributed by atoms with Crippen LogP contribution in [0.1, 0.15) is 30.0 Å². The first-order chi connectivity index (χ1) is 8.92. The van der Waals surface area contributed by atoms with Gasteiger partial charge in [0.25, 0.3) is 0 Å². The molecule has 0 unspecified atom stereocenters. The van der Waals surface area contributed by atoms with E-state index in [4.69, 9.17) is 0 Å². The first-order valence-corrected chi connectivity index (χ1v) is 7.50. The van der Waals surface area contributed by atoms with Gasteiger partial charge >= 0.3 is 0 Å². The fourth-order valence-corrected chi connectivity index (χ4v) is 3.39. The summed E-state index contributed by atoms with van der Waals surface area (Å²) in [6, 6.07) is 8.45. The second-order valence-electron chi connectivity index (χ2n) is 4.93. The van der Waals surface area contributed by atoms with Gasteiger partial charge in [-0.25, -0.2) is 0 Å². The van der Waals surface area contributed by atoms with E-state index in [1.54, 1.807) is 0 Å². The molecule has 0 radical (unpaired) electrons.